The number of carboxylic acids is 1. The molecule has 1 fully saturated rings. The van der Waals surface area contributed by atoms with E-state index in [1.807, 2.05) is 30.5 Å². The average Bonchev–Trinajstić information content (AvgIpc) is 3.34. The molecule has 1 unspecified atom stereocenters. The number of carbonyl (C=O) groups is 1. The van der Waals surface area contributed by atoms with Crippen molar-refractivity contribution in [3.8, 4) is 11.1 Å². The van der Waals surface area contributed by atoms with Crippen molar-refractivity contribution in [2.24, 2.45) is 5.92 Å². The Morgan fingerprint density at radius 2 is 2.10 bits per heavy atom. The number of rotatable bonds is 4. The van der Waals surface area contributed by atoms with Gasteiger partial charge in [0.25, 0.3) is 0 Å². The average molecular weight is 388 g/mol. The summed E-state index contributed by atoms with van der Waals surface area (Å²) in [6.45, 7) is 1.43. The van der Waals surface area contributed by atoms with Gasteiger partial charge in [0.2, 0.25) is 0 Å². The summed E-state index contributed by atoms with van der Waals surface area (Å²) in [4.78, 5) is 22.5. The van der Waals surface area contributed by atoms with E-state index in [-0.39, 0.29) is 12.3 Å². The van der Waals surface area contributed by atoms with Crippen LogP contribution in [0.15, 0.2) is 48.8 Å². The normalized spacial score (nSPS) is 16.7. The van der Waals surface area contributed by atoms with Gasteiger partial charge in [-0.15, -0.1) is 0 Å². The van der Waals surface area contributed by atoms with E-state index in [1.165, 1.54) is 0 Å². The summed E-state index contributed by atoms with van der Waals surface area (Å²) in [5.41, 5.74) is 9.63. The number of aliphatic carboxylic acids is 1. The molecule has 0 saturated carbocycles. The van der Waals surface area contributed by atoms with Gasteiger partial charge in [-0.1, -0.05) is 18.2 Å². The van der Waals surface area contributed by atoms with Crippen LogP contribution in [0.25, 0.3) is 27.7 Å². The summed E-state index contributed by atoms with van der Waals surface area (Å²) < 4.78 is 1.62. The monoisotopic (exact) mass is 388 g/mol. The summed E-state index contributed by atoms with van der Waals surface area (Å²) >= 11 is 0. The Hall–Kier alpha value is -3.68. The molecule has 8 heteroatoms. The third kappa shape index (κ3) is 3.12. The van der Waals surface area contributed by atoms with E-state index in [9.17, 15) is 4.79 Å². The first-order chi connectivity index (χ1) is 14.1. The summed E-state index contributed by atoms with van der Waals surface area (Å²) in [5.74, 6) is 0.604. The molecule has 0 radical (unpaired) electrons. The third-order valence-electron chi connectivity index (χ3n) is 5.46. The second kappa shape index (κ2) is 6.73. The Kier molecular flexibility index (Phi) is 4.04. The number of pyridine rings is 1. The summed E-state index contributed by atoms with van der Waals surface area (Å²) in [7, 11) is 0. The minimum absolute atomic E-state index is 0.126. The zero-order valence-electron chi connectivity index (χ0n) is 15.7. The van der Waals surface area contributed by atoms with Crippen molar-refractivity contribution in [2.45, 2.75) is 12.8 Å². The molecule has 1 saturated heterocycles. The molecule has 29 heavy (non-hydrogen) atoms. The third-order valence-corrected chi connectivity index (χ3v) is 5.46. The lowest BCUT2D eigenvalue weighted by atomic mass is 10.1. The molecule has 5 rings (SSSR count). The molecule has 8 nitrogen and oxygen atoms in total. The van der Waals surface area contributed by atoms with Crippen LogP contribution in [0.1, 0.15) is 12.8 Å². The van der Waals surface area contributed by atoms with Crippen molar-refractivity contribution < 1.29 is 9.90 Å². The fourth-order valence-electron chi connectivity index (χ4n) is 4.01. The Morgan fingerprint density at radius 1 is 1.24 bits per heavy atom. The van der Waals surface area contributed by atoms with Crippen LogP contribution >= 0.6 is 0 Å². The number of benzene rings is 1. The first-order valence-corrected chi connectivity index (χ1v) is 9.54. The number of carboxylic acid groups (broad SMARTS) is 1. The standard InChI is InChI=1S/C21H20N6O2/c22-18-9-19(26-6-5-13(12-26)7-20(28)29)25-21-16(11-24-27(18)21)15-8-14-3-1-2-4-17(14)23-10-15/h1-4,8-11,13H,5-7,12,22H2,(H,28,29). The Bertz CT molecular complexity index is 1230. The highest BCUT2D eigenvalue weighted by molar-refractivity contribution is 5.87. The number of nitrogen functional groups attached to an aromatic ring is 1. The lowest BCUT2D eigenvalue weighted by molar-refractivity contribution is -0.137. The summed E-state index contributed by atoms with van der Waals surface area (Å²) in [6.07, 6.45) is 4.59. The number of hydrogen-bond donors (Lipinski definition) is 2. The van der Waals surface area contributed by atoms with Crippen molar-refractivity contribution >= 4 is 34.2 Å². The van der Waals surface area contributed by atoms with Gasteiger partial charge in [0.15, 0.2) is 5.65 Å². The van der Waals surface area contributed by atoms with E-state index in [0.29, 0.717) is 18.0 Å². The van der Waals surface area contributed by atoms with E-state index in [1.54, 1.807) is 16.8 Å². The lowest BCUT2D eigenvalue weighted by Crippen LogP contribution is -2.22. The van der Waals surface area contributed by atoms with Gasteiger partial charge in [-0.3, -0.25) is 9.78 Å². The van der Waals surface area contributed by atoms with Crippen LogP contribution in [0, 0.1) is 5.92 Å². The molecule has 0 amide bonds. The van der Waals surface area contributed by atoms with E-state index in [4.69, 9.17) is 15.8 Å². The van der Waals surface area contributed by atoms with Crippen molar-refractivity contribution in [2.75, 3.05) is 23.7 Å². The maximum absolute atomic E-state index is 11.0. The molecule has 1 aliphatic rings. The molecule has 3 aromatic heterocycles. The molecule has 146 valence electrons. The number of aromatic nitrogens is 4. The number of para-hydroxylation sites is 1. The van der Waals surface area contributed by atoms with Crippen molar-refractivity contribution in [1.82, 2.24) is 19.6 Å². The van der Waals surface area contributed by atoms with E-state index in [0.717, 1.165) is 40.8 Å². The Balaban J connectivity index is 1.55. The second-order valence-electron chi connectivity index (χ2n) is 7.45. The molecule has 1 aliphatic heterocycles. The Labute approximate surface area is 166 Å². The summed E-state index contributed by atoms with van der Waals surface area (Å²) in [6, 6.07) is 11.8. The Morgan fingerprint density at radius 3 is 2.97 bits per heavy atom. The van der Waals surface area contributed by atoms with Crippen LogP contribution in [-0.2, 0) is 4.79 Å². The maximum atomic E-state index is 11.0. The minimum atomic E-state index is -0.762. The van der Waals surface area contributed by atoms with Crippen molar-refractivity contribution in [1.29, 1.82) is 0 Å². The zero-order chi connectivity index (χ0) is 20.0. The van der Waals surface area contributed by atoms with Crippen molar-refractivity contribution in [3.63, 3.8) is 0 Å². The van der Waals surface area contributed by atoms with Gasteiger partial charge in [-0.2, -0.15) is 9.61 Å². The predicted octanol–water partition coefficient (Wildman–Crippen LogP) is 2.83. The second-order valence-corrected chi connectivity index (χ2v) is 7.45. The quantitative estimate of drug-likeness (QED) is 0.553. The maximum Gasteiger partial charge on any atom is 0.303 e. The predicted molar refractivity (Wildman–Crippen MR) is 111 cm³/mol. The van der Waals surface area contributed by atoms with Gasteiger partial charge in [0.1, 0.15) is 11.6 Å². The van der Waals surface area contributed by atoms with Crippen LogP contribution in [0.2, 0.25) is 0 Å². The van der Waals surface area contributed by atoms with Gasteiger partial charge in [0, 0.05) is 48.3 Å². The highest BCUT2D eigenvalue weighted by Crippen LogP contribution is 2.30. The first-order valence-electron chi connectivity index (χ1n) is 9.54. The fourth-order valence-corrected chi connectivity index (χ4v) is 4.01. The molecular weight excluding hydrogens is 368 g/mol. The van der Waals surface area contributed by atoms with Crippen LogP contribution in [-0.4, -0.2) is 43.7 Å². The fraction of sp³-hybridized carbons (Fsp3) is 0.238. The molecule has 1 atom stereocenters. The van der Waals surface area contributed by atoms with Gasteiger partial charge in [-0.05, 0) is 24.5 Å². The SMILES string of the molecule is Nc1cc(N2CCC(CC(=O)O)C2)nc2c(-c3cnc4ccccc4c3)cnn12. The van der Waals surface area contributed by atoms with Crippen LogP contribution in [0.3, 0.4) is 0 Å². The van der Waals surface area contributed by atoms with Crippen molar-refractivity contribution in [3.05, 3.63) is 48.8 Å². The van der Waals surface area contributed by atoms with Crippen LogP contribution in [0.4, 0.5) is 11.6 Å². The van der Waals surface area contributed by atoms with E-state index in [2.05, 4.69) is 21.0 Å². The van der Waals surface area contributed by atoms with Gasteiger partial charge >= 0.3 is 5.97 Å². The van der Waals surface area contributed by atoms with Crippen LogP contribution in [0.5, 0.6) is 0 Å². The van der Waals surface area contributed by atoms with E-state index < -0.39 is 5.97 Å². The highest BCUT2D eigenvalue weighted by Gasteiger charge is 2.26. The first kappa shape index (κ1) is 17.4. The number of nitrogens with zero attached hydrogens (tertiary/aromatic N) is 5. The molecule has 0 bridgehead atoms. The molecular formula is C21H20N6O2. The number of fused-ring (bicyclic) bond motifs is 2. The smallest absolute Gasteiger partial charge is 0.303 e. The number of nitrogens with two attached hydrogens (primary N) is 1. The van der Waals surface area contributed by atoms with E-state index >= 15 is 0 Å². The summed E-state index contributed by atoms with van der Waals surface area (Å²) in [5, 5.41) is 14.5. The molecule has 0 spiro atoms. The zero-order valence-corrected chi connectivity index (χ0v) is 15.7. The molecule has 0 aliphatic carbocycles. The molecule has 4 aromatic rings. The van der Waals surface area contributed by atoms with Gasteiger partial charge in [-0.25, -0.2) is 4.98 Å². The lowest BCUT2D eigenvalue weighted by Gasteiger charge is -2.18. The topological polar surface area (TPSA) is 110 Å². The number of hydrogen-bond acceptors (Lipinski definition) is 6. The van der Waals surface area contributed by atoms with Gasteiger partial charge < -0.3 is 15.7 Å². The molecule has 4 heterocycles. The molecule has 1 aromatic carbocycles. The largest absolute Gasteiger partial charge is 0.481 e. The highest BCUT2D eigenvalue weighted by atomic mass is 16.4. The number of anilines is 2. The van der Waals surface area contributed by atoms with Crippen LogP contribution < -0.4 is 10.6 Å². The molecule has 3 N–H and O–H groups in total. The van der Waals surface area contributed by atoms with Gasteiger partial charge in [0.05, 0.1) is 11.7 Å². The minimum Gasteiger partial charge on any atom is -0.481 e.